The molecule has 0 aliphatic rings. The van der Waals surface area contributed by atoms with Gasteiger partial charge in [0.1, 0.15) is 0 Å². The quantitative estimate of drug-likeness (QED) is 0.521. The first-order chi connectivity index (χ1) is 9.58. The van der Waals surface area contributed by atoms with Crippen molar-refractivity contribution < 1.29 is 9.72 Å². The number of non-ortho nitro benzene ring substituents is 1. The third-order valence-corrected chi connectivity index (χ3v) is 2.67. The molecule has 1 N–H and O–H groups in total. The van der Waals surface area contributed by atoms with E-state index in [1.165, 1.54) is 30.5 Å². The van der Waals surface area contributed by atoms with Gasteiger partial charge in [0.25, 0.3) is 11.6 Å². The highest BCUT2D eigenvalue weighted by Crippen LogP contribution is 2.12. The Balaban J connectivity index is 2.05. The van der Waals surface area contributed by atoms with Gasteiger partial charge in [0.2, 0.25) is 0 Å². The van der Waals surface area contributed by atoms with Gasteiger partial charge in [-0.15, -0.1) is 0 Å². The van der Waals surface area contributed by atoms with E-state index in [-0.39, 0.29) is 11.3 Å². The highest BCUT2D eigenvalue weighted by Gasteiger charge is 2.10. The van der Waals surface area contributed by atoms with Gasteiger partial charge < -0.3 is 4.57 Å². The van der Waals surface area contributed by atoms with E-state index in [2.05, 4.69) is 10.5 Å². The van der Waals surface area contributed by atoms with Crippen LogP contribution in [0, 0.1) is 10.1 Å². The molecule has 1 aromatic heterocycles. The number of rotatable bonds is 4. The van der Waals surface area contributed by atoms with Crippen LogP contribution in [0.3, 0.4) is 0 Å². The third kappa shape index (κ3) is 3.08. The van der Waals surface area contributed by atoms with Crippen molar-refractivity contribution in [2.45, 2.75) is 0 Å². The molecule has 0 aliphatic heterocycles. The number of nitro groups is 1. The summed E-state index contributed by atoms with van der Waals surface area (Å²) in [6.07, 6.45) is 3.35. The number of nitrogens with one attached hydrogen (secondary N) is 1. The monoisotopic (exact) mass is 272 g/mol. The Labute approximate surface area is 114 Å². The van der Waals surface area contributed by atoms with Crippen molar-refractivity contribution in [2.75, 3.05) is 0 Å². The van der Waals surface area contributed by atoms with Crippen LogP contribution >= 0.6 is 0 Å². The highest BCUT2D eigenvalue weighted by atomic mass is 16.6. The molecule has 0 saturated carbocycles. The normalized spacial score (nSPS) is 10.7. The molecule has 1 heterocycles. The number of benzene rings is 1. The van der Waals surface area contributed by atoms with E-state index in [4.69, 9.17) is 0 Å². The Morgan fingerprint density at radius 2 is 2.20 bits per heavy atom. The van der Waals surface area contributed by atoms with Crippen molar-refractivity contribution in [2.24, 2.45) is 12.1 Å². The van der Waals surface area contributed by atoms with E-state index in [0.29, 0.717) is 0 Å². The van der Waals surface area contributed by atoms with Crippen molar-refractivity contribution in [3.8, 4) is 0 Å². The van der Waals surface area contributed by atoms with Crippen molar-refractivity contribution >= 4 is 17.8 Å². The molecular formula is C13H12N4O3. The van der Waals surface area contributed by atoms with E-state index < -0.39 is 10.8 Å². The van der Waals surface area contributed by atoms with Crippen LogP contribution in [-0.2, 0) is 7.05 Å². The maximum atomic E-state index is 11.8. The molecule has 1 amide bonds. The lowest BCUT2D eigenvalue weighted by Gasteiger charge is -2.00. The number of amides is 1. The molecule has 7 heteroatoms. The Morgan fingerprint density at radius 1 is 1.40 bits per heavy atom. The Morgan fingerprint density at radius 3 is 2.85 bits per heavy atom. The van der Waals surface area contributed by atoms with Gasteiger partial charge in [0.15, 0.2) is 0 Å². The summed E-state index contributed by atoms with van der Waals surface area (Å²) in [4.78, 5) is 21.9. The lowest BCUT2D eigenvalue weighted by molar-refractivity contribution is -0.384. The fourth-order valence-electron chi connectivity index (χ4n) is 1.59. The number of hydrazone groups is 1. The molecule has 102 valence electrons. The largest absolute Gasteiger partial charge is 0.350 e. The number of aryl methyl sites for hydroxylation is 1. The first-order valence-corrected chi connectivity index (χ1v) is 5.77. The first-order valence-electron chi connectivity index (χ1n) is 5.77. The molecule has 2 rings (SSSR count). The number of aromatic nitrogens is 1. The molecule has 1 aromatic carbocycles. The van der Waals surface area contributed by atoms with Gasteiger partial charge in [0, 0.05) is 30.9 Å². The third-order valence-electron chi connectivity index (χ3n) is 2.67. The van der Waals surface area contributed by atoms with Gasteiger partial charge in [-0.3, -0.25) is 14.9 Å². The molecule has 2 aromatic rings. The van der Waals surface area contributed by atoms with Crippen LogP contribution in [0.25, 0.3) is 0 Å². The lowest BCUT2D eigenvalue weighted by Crippen LogP contribution is -2.17. The number of hydrogen-bond acceptors (Lipinski definition) is 4. The van der Waals surface area contributed by atoms with Crippen LogP contribution in [0.15, 0.2) is 47.7 Å². The summed E-state index contributed by atoms with van der Waals surface area (Å²) < 4.78 is 1.84. The molecule has 0 atom stereocenters. The summed E-state index contributed by atoms with van der Waals surface area (Å²) in [5, 5.41) is 14.4. The van der Waals surface area contributed by atoms with Crippen molar-refractivity contribution in [3.05, 3.63) is 64.0 Å². The summed E-state index contributed by atoms with van der Waals surface area (Å²) in [5.41, 5.74) is 3.20. The van der Waals surface area contributed by atoms with Crippen LogP contribution in [0.4, 0.5) is 5.69 Å². The van der Waals surface area contributed by atoms with Gasteiger partial charge in [0.05, 0.1) is 16.8 Å². The molecule has 7 nitrogen and oxygen atoms in total. The second kappa shape index (κ2) is 5.79. The zero-order valence-corrected chi connectivity index (χ0v) is 10.7. The average molecular weight is 272 g/mol. The summed E-state index contributed by atoms with van der Waals surface area (Å²) in [5.74, 6) is -0.501. The van der Waals surface area contributed by atoms with Crippen LogP contribution in [0.5, 0.6) is 0 Å². The summed E-state index contributed by atoms with van der Waals surface area (Å²) in [6, 6.07) is 9.15. The van der Waals surface area contributed by atoms with E-state index >= 15 is 0 Å². The topological polar surface area (TPSA) is 89.5 Å². The van der Waals surface area contributed by atoms with Gasteiger partial charge in [-0.2, -0.15) is 5.10 Å². The number of carbonyl (C=O) groups excluding carboxylic acids is 1. The van der Waals surface area contributed by atoms with E-state index in [1.54, 1.807) is 0 Å². The number of nitrogens with zero attached hydrogens (tertiary/aromatic N) is 3. The van der Waals surface area contributed by atoms with Crippen molar-refractivity contribution in [3.63, 3.8) is 0 Å². The SMILES string of the molecule is Cn1cccc1C=NNC(=O)c1cccc([N+](=O)[O-])c1. The summed E-state index contributed by atoms with van der Waals surface area (Å²) in [6.45, 7) is 0. The minimum absolute atomic E-state index is 0.135. The molecular weight excluding hydrogens is 260 g/mol. The van der Waals surface area contributed by atoms with Gasteiger partial charge in [-0.05, 0) is 18.2 Å². The Kier molecular flexibility index (Phi) is 3.90. The fraction of sp³-hybridized carbons (Fsp3) is 0.0769. The minimum Gasteiger partial charge on any atom is -0.350 e. The zero-order chi connectivity index (χ0) is 14.5. The molecule has 20 heavy (non-hydrogen) atoms. The van der Waals surface area contributed by atoms with E-state index in [9.17, 15) is 14.9 Å². The Hall–Kier alpha value is -2.96. The number of hydrogen-bond donors (Lipinski definition) is 1. The molecule has 0 aliphatic carbocycles. The maximum Gasteiger partial charge on any atom is 0.271 e. The lowest BCUT2D eigenvalue weighted by atomic mass is 10.2. The molecule has 0 fully saturated rings. The molecule has 0 radical (unpaired) electrons. The minimum atomic E-state index is -0.552. The van der Waals surface area contributed by atoms with Crippen LogP contribution < -0.4 is 5.43 Å². The molecule has 0 spiro atoms. The number of nitro benzene ring substituents is 1. The Bertz CT molecular complexity index is 676. The van der Waals surface area contributed by atoms with E-state index in [1.807, 2.05) is 29.9 Å². The average Bonchev–Trinajstić information content (AvgIpc) is 2.84. The summed E-state index contributed by atoms with van der Waals surface area (Å²) >= 11 is 0. The zero-order valence-electron chi connectivity index (χ0n) is 10.7. The summed E-state index contributed by atoms with van der Waals surface area (Å²) in [7, 11) is 1.85. The van der Waals surface area contributed by atoms with Crippen LogP contribution in [0.2, 0.25) is 0 Å². The second-order valence-electron chi connectivity index (χ2n) is 4.05. The fourth-order valence-corrected chi connectivity index (χ4v) is 1.59. The van der Waals surface area contributed by atoms with Gasteiger partial charge in [-0.25, -0.2) is 5.43 Å². The predicted octanol–water partition coefficient (Wildman–Crippen LogP) is 1.70. The highest BCUT2D eigenvalue weighted by molar-refractivity contribution is 5.95. The second-order valence-corrected chi connectivity index (χ2v) is 4.05. The predicted molar refractivity (Wildman–Crippen MR) is 73.6 cm³/mol. The van der Waals surface area contributed by atoms with Gasteiger partial charge >= 0.3 is 0 Å². The van der Waals surface area contributed by atoms with Crippen LogP contribution in [0.1, 0.15) is 16.1 Å². The molecule has 0 saturated heterocycles. The molecule has 0 bridgehead atoms. The van der Waals surface area contributed by atoms with Gasteiger partial charge in [-0.1, -0.05) is 6.07 Å². The van der Waals surface area contributed by atoms with E-state index in [0.717, 1.165) is 5.69 Å². The molecule has 0 unspecified atom stereocenters. The standard InChI is InChI=1S/C13H12N4O3/c1-16-7-3-6-12(16)9-14-15-13(18)10-4-2-5-11(8-10)17(19)20/h2-9H,1H3,(H,15,18). The number of carbonyl (C=O) groups is 1. The maximum absolute atomic E-state index is 11.8. The van der Waals surface area contributed by atoms with Crippen molar-refractivity contribution in [1.29, 1.82) is 0 Å². The van der Waals surface area contributed by atoms with Crippen molar-refractivity contribution in [1.82, 2.24) is 9.99 Å². The first kappa shape index (κ1) is 13.5. The van der Waals surface area contributed by atoms with Crippen LogP contribution in [-0.4, -0.2) is 21.6 Å². The smallest absolute Gasteiger partial charge is 0.271 e.